The standard InChI is InChI=1S/C11H23N3O2S2/c1-9(10(12)17)18(15,16)14(4)8-11(13(2)3)6-5-7-11/h9H,5-8H2,1-4H3,(H2,12,17). The molecule has 1 fully saturated rings. The summed E-state index contributed by atoms with van der Waals surface area (Å²) in [4.78, 5) is 2.14. The van der Waals surface area contributed by atoms with Crippen LogP contribution in [0.2, 0.25) is 0 Å². The summed E-state index contributed by atoms with van der Waals surface area (Å²) in [5, 5.41) is -0.809. The minimum Gasteiger partial charge on any atom is -0.392 e. The van der Waals surface area contributed by atoms with Gasteiger partial charge < -0.3 is 10.6 Å². The van der Waals surface area contributed by atoms with Crippen molar-refractivity contribution in [3.8, 4) is 0 Å². The lowest BCUT2D eigenvalue weighted by Gasteiger charge is -2.49. The second kappa shape index (κ2) is 5.40. The van der Waals surface area contributed by atoms with Crippen LogP contribution in [0.25, 0.3) is 0 Å². The van der Waals surface area contributed by atoms with Crippen LogP contribution in [0, 0.1) is 0 Å². The van der Waals surface area contributed by atoms with E-state index in [4.69, 9.17) is 18.0 Å². The van der Waals surface area contributed by atoms with E-state index in [1.807, 2.05) is 14.1 Å². The van der Waals surface area contributed by atoms with Gasteiger partial charge in [0.05, 0.1) is 4.99 Å². The molecule has 0 radical (unpaired) electrons. The first-order valence-corrected chi connectivity index (χ1v) is 7.96. The Morgan fingerprint density at radius 1 is 1.39 bits per heavy atom. The third-order valence-corrected chi connectivity index (χ3v) is 6.68. The van der Waals surface area contributed by atoms with Gasteiger partial charge in [-0.05, 0) is 40.3 Å². The molecule has 1 unspecified atom stereocenters. The maximum atomic E-state index is 12.3. The number of nitrogens with zero attached hydrogens (tertiary/aromatic N) is 2. The molecular formula is C11H23N3O2S2. The summed E-state index contributed by atoms with van der Waals surface area (Å²) in [6.07, 6.45) is 3.21. The molecule has 0 spiro atoms. The number of likely N-dealkylation sites (N-methyl/N-ethyl adjacent to an activating group) is 2. The van der Waals surface area contributed by atoms with E-state index in [0.717, 1.165) is 19.3 Å². The molecule has 1 saturated carbocycles. The Morgan fingerprint density at radius 2 is 1.89 bits per heavy atom. The molecule has 0 heterocycles. The second-order valence-corrected chi connectivity index (χ2v) is 8.15. The van der Waals surface area contributed by atoms with Gasteiger partial charge >= 0.3 is 0 Å². The van der Waals surface area contributed by atoms with Crippen molar-refractivity contribution in [2.24, 2.45) is 5.73 Å². The number of rotatable bonds is 6. The smallest absolute Gasteiger partial charge is 0.223 e. The Labute approximate surface area is 115 Å². The molecule has 0 amide bonds. The van der Waals surface area contributed by atoms with E-state index in [1.165, 1.54) is 11.2 Å². The van der Waals surface area contributed by atoms with Crippen LogP contribution in [0.15, 0.2) is 0 Å². The summed E-state index contributed by atoms with van der Waals surface area (Å²) < 4.78 is 25.9. The molecular weight excluding hydrogens is 270 g/mol. The monoisotopic (exact) mass is 293 g/mol. The Bertz CT molecular complexity index is 416. The molecule has 5 nitrogen and oxygen atoms in total. The van der Waals surface area contributed by atoms with Gasteiger partial charge in [-0.2, -0.15) is 0 Å². The fourth-order valence-corrected chi connectivity index (χ4v) is 3.87. The Hall–Kier alpha value is -0.240. The highest BCUT2D eigenvalue weighted by Gasteiger charge is 2.42. The van der Waals surface area contributed by atoms with Gasteiger partial charge in [0.15, 0.2) is 0 Å². The van der Waals surface area contributed by atoms with Crippen LogP contribution >= 0.6 is 12.2 Å². The maximum absolute atomic E-state index is 12.3. The van der Waals surface area contributed by atoms with Gasteiger partial charge in [-0.15, -0.1) is 0 Å². The first-order chi connectivity index (χ1) is 8.13. The molecule has 2 N–H and O–H groups in total. The molecule has 106 valence electrons. The van der Waals surface area contributed by atoms with E-state index >= 15 is 0 Å². The Morgan fingerprint density at radius 3 is 2.17 bits per heavy atom. The lowest BCUT2D eigenvalue weighted by atomic mass is 9.75. The lowest BCUT2D eigenvalue weighted by Crippen LogP contribution is -2.58. The van der Waals surface area contributed by atoms with E-state index in [1.54, 1.807) is 7.05 Å². The number of nitrogens with two attached hydrogens (primary N) is 1. The quantitative estimate of drug-likeness (QED) is 0.718. The van der Waals surface area contributed by atoms with E-state index in [-0.39, 0.29) is 10.5 Å². The highest BCUT2D eigenvalue weighted by molar-refractivity contribution is 7.92. The van der Waals surface area contributed by atoms with Crippen LogP contribution in [-0.2, 0) is 10.0 Å². The highest BCUT2D eigenvalue weighted by atomic mass is 32.2. The summed E-state index contributed by atoms with van der Waals surface area (Å²) in [5.41, 5.74) is 5.42. The molecule has 1 aliphatic carbocycles. The van der Waals surface area contributed by atoms with Crippen LogP contribution in [0.4, 0.5) is 0 Å². The average molecular weight is 293 g/mol. The second-order valence-electron chi connectivity index (χ2n) is 5.32. The molecule has 0 saturated heterocycles. The van der Waals surface area contributed by atoms with Gasteiger partial charge in [-0.1, -0.05) is 12.2 Å². The third-order valence-electron chi connectivity index (χ3n) is 4.03. The van der Waals surface area contributed by atoms with E-state index in [2.05, 4.69) is 4.90 Å². The van der Waals surface area contributed by atoms with Crippen molar-refractivity contribution < 1.29 is 8.42 Å². The van der Waals surface area contributed by atoms with Gasteiger partial charge in [-0.3, -0.25) is 0 Å². The Kier molecular flexibility index (Phi) is 4.75. The van der Waals surface area contributed by atoms with Crippen LogP contribution in [-0.4, -0.2) is 61.1 Å². The number of sulfonamides is 1. The zero-order valence-electron chi connectivity index (χ0n) is 11.5. The van der Waals surface area contributed by atoms with Gasteiger partial charge in [0.25, 0.3) is 0 Å². The minimum absolute atomic E-state index is 0.0226. The molecule has 7 heteroatoms. The molecule has 18 heavy (non-hydrogen) atoms. The molecule has 1 atom stereocenters. The van der Waals surface area contributed by atoms with Gasteiger partial charge in [-0.25, -0.2) is 12.7 Å². The summed E-state index contributed by atoms with van der Waals surface area (Å²) in [7, 11) is 2.16. The summed E-state index contributed by atoms with van der Waals surface area (Å²) in [5.74, 6) is 0. The summed E-state index contributed by atoms with van der Waals surface area (Å²) >= 11 is 4.78. The zero-order chi connectivity index (χ0) is 14.1. The van der Waals surface area contributed by atoms with Crippen molar-refractivity contribution in [1.82, 2.24) is 9.21 Å². The van der Waals surface area contributed by atoms with Crippen LogP contribution in [0.3, 0.4) is 0 Å². The van der Waals surface area contributed by atoms with E-state index < -0.39 is 15.3 Å². The van der Waals surface area contributed by atoms with Gasteiger partial charge in [0.1, 0.15) is 5.25 Å². The van der Waals surface area contributed by atoms with Crippen LogP contribution in [0.1, 0.15) is 26.2 Å². The largest absolute Gasteiger partial charge is 0.392 e. The fourth-order valence-electron chi connectivity index (χ4n) is 2.25. The molecule has 0 aromatic carbocycles. The molecule has 1 rings (SSSR count). The number of thiocarbonyl (C=S) groups is 1. The molecule has 0 aliphatic heterocycles. The predicted molar refractivity (Wildman–Crippen MR) is 78.1 cm³/mol. The third kappa shape index (κ3) is 2.84. The van der Waals surface area contributed by atoms with Gasteiger partial charge in [0.2, 0.25) is 10.0 Å². The zero-order valence-corrected chi connectivity index (χ0v) is 13.1. The van der Waals surface area contributed by atoms with Crippen molar-refractivity contribution in [1.29, 1.82) is 0 Å². The van der Waals surface area contributed by atoms with Crippen molar-refractivity contribution >= 4 is 27.2 Å². The number of hydrogen-bond acceptors (Lipinski definition) is 4. The normalized spacial score (nSPS) is 20.8. The molecule has 0 bridgehead atoms. The molecule has 1 aliphatic rings. The van der Waals surface area contributed by atoms with Crippen molar-refractivity contribution in [3.05, 3.63) is 0 Å². The van der Waals surface area contributed by atoms with E-state index in [9.17, 15) is 8.42 Å². The Balaban J connectivity index is 2.82. The van der Waals surface area contributed by atoms with Crippen molar-refractivity contribution in [2.75, 3.05) is 27.7 Å². The van der Waals surface area contributed by atoms with Crippen LogP contribution < -0.4 is 5.73 Å². The molecule has 0 aromatic heterocycles. The topological polar surface area (TPSA) is 66.6 Å². The minimum atomic E-state index is -3.44. The lowest BCUT2D eigenvalue weighted by molar-refractivity contribution is 0.0455. The maximum Gasteiger partial charge on any atom is 0.223 e. The summed E-state index contributed by atoms with van der Waals surface area (Å²) in [6, 6.07) is 0. The summed E-state index contributed by atoms with van der Waals surface area (Å²) in [6.45, 7) is 2.03. The predicted octanol–water partition coefficient (Wildman–Crippen LogP) is 0.407. The van der Waals surface area contributed by atoms with Crippen molar-refractivity contribution in [3.63, 3.8) is 0 Å². The van der Waals surface area contributed by atoms with Gasteiger partial charge in [0, 0.05) is 19.1 Å². The van der Waals surface area contributed by atoms with E-state index in [0.29, 0.717) is 6.54 Å². The molecule has 0 aromatic rings. The first kappa shape index (κ1) is 15.8. The number of hydrogen-bond donors (Lipinski definition) is 1. The van der Waals surface area contributed by atoms with Crippen molar-refractivity contribution in [2.45, 2.75) is 37.0 Å². The fraction of sp³-hybridized carbons (Fsp3) is 0.909. The first-order valence-electron chi connectivity index (χ1n) is 6.05. The SMILES string of the molecule is CC(C(N)=S)S(=O)(=O)N(C)CC1(N(C)C)CCC1. The average Bonchev–Trinajstić information content (AvgIpc) is 2.20. The highest BCUT2D eigenvalue weighted by Crippen LogP contribution is 2.37. The van der Waals surface area contributed by atoms with Crippen LogP contribution in [0.5, 0.6) is 0 Å².